The van der Waals surface area contributed by atoms with Gasteiger partial charge in [-0.05, 0) is 12.8 Å². The summed E-state index contributed by atoms with van der Waals surface area (Å²) in [6.07, 6.45) is 10.5. The van der Waals surface area contributed by atoms with E-state index in [4.69, 9.17) is 24.1 Å². The minimum Gasteiger partial charge on any atom is -0.481 e. The van der Waals surface area contributed by atoms with Crippen LogP contribution in [0.2, 0.25) is 0 Å². The molecule has 0 saturated carbocycles. The molecular formula is C22H36O9. The highest BCUT2D eigenvalue weighted by molar-refractivity contribution is 5.91. The highest BCUT2D eigenvalue weighted by Crippen LogP contribution is 2.10. The van der Waals surface area contributed by atoms with Crippen molar-refractivity contribution in [3.05, 3.63) is 12.2 Å². The molecule has 0 bridgehead atoms. The molecule has 0 amide bonds. The van der Waals surface area contributed by atoms with Crippen molar-refractivity contribution in [3.8, 4) is 0 Å². The molecule has 0 aliphatic heterocycles. The van der Waals surface area contributed by atoms with Crippen LogP contribution in [0.25, 0.3) is 0 Å². The Hall–Kier alpha value is -2.26. The van der Waals surface area contributed by atoms with Gasteiger partial charge in [-0.25, -0.2) is 9.59 Å². The number of rotatable bonds is 21. The molecule has 0 unspecified atom stereocenters. The van der Waals surface area contributed by atoms with E-state index < -0.39 is 17.9 Å². The smallest absolute Gasteiger partial charge is 0.331 e. The van der Waals surface area contributed by atoms with E-state index in [2.05, 4.69) is 0 Å². The van der Waals surface area contributed by atoms with E-state index in [0.717, 1.165) is 63.5 Å². The number of aliphatic carboxylic acids is 1. The summed E-state index contributed by atoms with van der Waals surface area (Å²) in [6, 6.07) is 0. The van der Waals surface area contributed by atoms with Gasteiger partial charge in [-0.15, -0.1) is 0 Å². The predicted octanol–water partition coefficient (Wildman–Crippen LogP) is 2.85. The Morgan fingerprint density at radius 2 is 1.16 bits per heavy atom. The Morgan fingerprint density at radius 3 is 1.68 bits per heavy atom. The average Bonchev–Trinajstić information content (AvgIpc) is 2.73. The molecule has 0 aromatic carbocycles. The summed E-state index contributed by atoms with van der Waals surface area (Å²) in [4.78, 5) is 44.8. The van der Waals surface area contributed by atoms with Crippen molar-refractivity contribution in [1.29, 1.82) is 0 Å². The fourth-order valence-electron chi connectivity index (χ4n) is 2.58. The summed E-state index contributed by atoms with van der Waals surface area (Å²) >= 11 is 0. The maximum atomic E-state index is 11.7. The van der Waals surface area contributed by atoms with Crippen LogP contribution >= 0.6 is 0 Å². The summed E-state index contributed by atoms with van der Waals surface area (Å²) in [5.41, 5.74) is 0. The molecule has 0 spiro atoms. The van der Waals surface area contributed by atoms with Gasteiger partial charge in [0.1, 0.15) is 19.8 Å². The molecule has 31 heavy (non-hydrogen) atoms. The molecule has 0 aromatic rings. The summed E-state index contributed by atoms with van der Waals surface area (Å²) in [5.74, 6) is -2.08. The number of carboxylic acids is 1. The van der Waals surface area contributed by atoms with Gasteiger partial charge in [0.15, 0.2) is 5.78 Å². The van der Waals surface area contributed by atoms with Crippen LogP contribution in [0.5, 0.6) is 0 Å². The second kappa shape index (κ2) is 21.0. The Labute approximate surface area is 184 Å². The number of carbonyl (C=O) groups excluding carboxylic acids is 3. The van der Waals surface area contributed by atoms with Crippen molar-refractivity contribution >= 4 is 23.7 Å². The molecule has 0 heterocycles. The van der Waals surface area contributed by atoms with Crippen LogP contribution in [0.1, 0.15) is 64.2 Å². The number of ketones is 1. The van der Waals surface area contributed by atoms with E-state index in [9.17, 15) is 19.2 Å². The molecule has 1 N–H and O–H groups in total. The molecule has 0 aliphatic carbocycles. The van der Waals surface area contributed by atoms with E-state index in [1.54, 1.807) is 0 Å². The van der Waals surface area contributed by atoms with E-state index in [0.29, 0.717) is 6.42 Å². The van der Waals surface area contributed by atoms with Gasteiger partial charge in [0.05, 0.1) is 13.2 Å². The van der Waals surface area contributed by atoms with Crippen LogP contribution in [0.15, 0.2) is 12.2 Å². The molecule has 0 atom stereocenters. The van der Waals surface area contributed by atoms with Crippen molar-refractivity contribution in [2.45, 2.75) is 64.2 Å². The number of unbranched alkanes of at least 4 members (excludes halogenated alkanes) is 7. The number of methoxy groups -OCH3 is 1. The minimum absolute atomic E-state index is 0.0111. The summed E-state index contributed by atoms with van der Waals surface area (Å²) < 4.78 is 19.5. The number of esters is 2. The van der Waals surface area contributed by atoms with Crippen LogP contribution < -0.4 is 0 Å². The highest BCUT2D eigenvalue weighted by Gasteiger charge is 2.04. The van der Waals surface area contributed by atoms with Crippen LogP contribution in [-0.4, -0.2) is 68.9 Å². The van der Waals surface area contributed by atoms with Gasteiger partial charge in [0.2, 0.25) is 0 Å². The van der Waals surface area contributed by atoms with Crippen molar-refractivity contribution in [2.24, 2.45) is 0 Å². The monoisotopic (exact) mass is 444 g/mol. The van der Waals surface area contributed by atoms with Gasteiger partial charge >= 0.3 is 17.9 Å². The zero-order valence-electron chi connectivity index (χ0n) is 18.5. The Bertz CT molecular complexity index is 543. The summed E-state index contributed by atoms with van der Waals surface area (Å²) in [5, 5.41) is 8.55. The largest absolute Gasteiger partial charge is 0.481 e. The first-order valence-electron chi connectivity index (χ1n) is 10.8. The molecular weight excluding hydrogens is 408 g/mol. The topological polar surface area (TPSA) is 125 Å². The molecule has 0 saturated heterocycles. The first-order chi connectivity index (χ1) is 15.0. The molecule has 0 fully saturated rings. The Kier molecular flexibility index (Phi) is 19.5. The molecule has 0 aromatic heterocycles. The van der Waals surface area contributed by atoms with Crippen molar-refractivity contribution in [3.63, 3.8) is 0 Å². The van der Waals surface area contributed by atoms with E-state index in [1.165, 1.54) is 7.11 Å². The first kappa shape index (κ1) is 28.7. The molecule has 0 aliphatic rings. The van der Waals surface area contributed by atoms with E-state index in [-0.39, 0.29) is 45.2 Å². The third-order valence-corrected chi connectivity index (χ3v) is 4.22. The van der Waals surface area contributed by atoms with Crippen LogP contribution in [0.4, 0.5) is 0 Å². The van der Waals surface area contributed by atoms with Gasteiger partial charge in [-0.1, -0.05) is 38.5 Å². The molecule has 0 rings (SSSR count). The predicted molar refractivity (Wildman–Crippen MR) is 113 cm³/mol. The van der Waals surface area contributed by atoms with E-state index in [1.807, 2.05) is 0 Å². The van der Waals surface area contributed by atoms with Gasteiger partial charge in [-0.3, -0.25) is 9.59 Å². The number of Topliss-reactive ketones (excluding diaryl/α,β-unsaturated/α-hetero) is 1. The SMILES string of the molecule is COCCOC(=O)/C=C/C(=O)OCCOCC(=O)CCCCCCCCCCC(=O)O. The minimum atomic E-state index is -0.736. The van der Waals surface area contributed by atoms with Gasteiger partial charge < -0.3 is 24.1 Å². The number of hydrogen-bond acceptors (Lipinski definition) is 8. The lowest BCUT2D eigenvalue weighted by molar-refractivity contribution is -0.142. The lowest BCUT2D eigenvalue weighted by Gasteiger charge is -2.05. The van der Waals surface area contributed by atoms with Crippen molar-refractivity contribution < 1.29 is 43.2 Å². The van der Waals surface area contributed by atoms with Crippen molar-refractivity contribution in [2.75, 3.05) is 40.1 Å². The van der Waals surface area contributed by atoms with Gasteiger partial charge in [0, 0.05) is 32.1 Å². The van der Waals surface area contributed by atoms with Crippen LogP contribution in [-0.2, 0) is 38.1 Å². The second-order valence-corrected chi connectivity index (χ2v) is 6.97. The standard InChI is InChI=1S/C22H36O9/c1-28-14-16-30-21(26)12-13-22(27)31-17-15-29-18-19(23)10-8-6-4-2-3-5-7-9-11-20(24)25/h12-13H,2-11,14-18H2,1H3,(H,24,25)/b13-12+. The first-order valence-corrected chi connectivity index (χ1v) is 10.8. The lowest BCUT2D eigenvalue weighted by Crippen LogP contribution is -2.14. The second-order valence-electron chi connectivity index (χ2n) is 6.97. The quantitative estimate of drug-likeness (QED) is 0.162. The number of carbonyl (C=O) groups is 4. The highest BCUT2D eigenvalue weighted by atomic mass is 16.6. The zero-order chi connectivity index (χ0) is 23.2. The van der Waals surface area contributed by atoms with Gasteiger partial charge in [0.25, 0.3) is 0 Å². The Balaban J connectivity index is 3.47. The van der Waals surface area contributed by atoms with E-state index >= 15 is 0 Å². The maximum Gasteiger partial charge on any atom is 0.331 e. The molecule has 9 nitrogen and oxygen atoms in total. The normalized spacial score (nSPS) is 10.9. The summed E-state index contributed by atoms with van der Waals surface area (Å²) in [6.45, 7) is 0.459. The molecule has 178 valence electrons. The number of hydrogen-bond donors (Lipinski definition) is 1. The zero-order valence-corrected chi connectivity index (χ0v) is 18.5. The third kappa shape index (κ3) is 22.3. The number of ether oxygens (including phenoxy) is 4. The maximum absolute atomic E-state index is 11.7. The van der Waals surface area contributed by atoms with Crippen molar-refractivity contribution in [1.82, 2.24) is 0 Å². The lowest BCUT2D eigenvalue weighted by atomic mass is 10.1. The van der Waals surface area contributed by atoms with Gasteiger partial charge in [-0.2, -0.15) is 0 Å². The number of carboxylic acid groups (broad SMARTS) is 1. The van der Waals surface area contributed by atoms with Crippen LogP contribution in [0.3, 0.4) is 0 Å². The average molecular weight is 445 g/mol. The van der Waals surface area contributed by atoms with Crippen LogP contribution in [0, 0.1) is 0 Å². The molecule has 0 radical (unpaired) electrons. The Morgan fingerprint density at radius 1 is 0.677 bits per heavy atom. The fraction of sp³-hybridized carbons (Fsp3) is 0.727. The third-order valence-electron chi connectivity index (χ3n) is 4.22. The summed E-state index contributed by atoms with van der Waals surface area (Å²) in [7, 11) is 1.48. The fourth-order valence-corrected chi connectivity index (χ4v) is 2.58. The molecule has 9 heteroatoms.